The number of nitrogens with zero attached hydrogens (tertiary/aromatic N) is 1. The van der Waals surface area contributed by atoms with Crippen molar-refractivity contribution in [2.24, 2.45) is 0 Å². The minimum absolute atomic E-state index is 0.720. The lowest BCUT2D eigenvalue weighted by atomic mass is 9.81. The van der Waals surface area contributed by atoms with Crippen molar-refractivity contribution < 1.29 is 0 Å². The fourth-order valence-electron chi connectivity index (χ4n) is 3.92. The van der Waals surface area contributed by atoms with Crippen LogP contribution in [-0.4, -0.2) is 25.2 Å². The second-order valence-corrected chi connectivity index (χ2v) is 6.37. The number of nitrogens with one attached hydrogen (secondary N) is 1. The molecule has 104 valence electrons. The van der Waals surface area contributed by atoms with Crippen LogP contribution >= 0.6 is 0 Å². The summed E-state index contributed by atoms with van der Waals surface area (Å²) in [4.78, 5) is 2.73. The zero-order chi connectivity index (χ0) is 13.4. The molecule has 19 heavy (non-hydrogen) atoms. The molecule has 2 aliphatic rings. The van der Waals surface area contributed by atoms with Crippen molar-refractivity contribution in [2.75, 3.05) is 11.9 Å². The first-order chi connectivity index (χ1) is 9.19. The lowest BCUT2D eigenvalue weighted by Gasteiger charge is -2.50. The van der Waals surface area contributed by atoms with Gasteiger partial charge in [-0.2, -0.15) is 0 Å². The van der Waals surface area contributed by atoms with Crippen molar-refractivity contribution in [1.29, 1.82) is 0 Å². The van der Waals surface area contributed by atoms with Crippen molar-refractivity contribution in [3.8, 4) is 0 Å². The van der Waals surface area contributed by atoms with E-state index in [1.54, 1.807) is 0 Å². The van der Waals surface area contributed by atoms with E-state index < -0.39 is 0 Å². The molecular weight excluding hydrogens is 232 g/mol. The van der Waals surface area contributed by atoms with Gasteiger partial charge in [0.25, 0.3) is 0 Å². The first-order valence-corrected chi connectivity index (χ1v) is 7.72. The highest BCUT2D eigenvalue weighted by molar-refractivity contribution is 5.53. The number of rotatable bonds is 2. The van der Waals surface area contributed by atoms with Gasteiger partial charge in [-0.3, -0.25) is 0 Å². The van der Waals surface area contributed by atoms with Crippen molar-refractivity contribution in [3.05, 3.63) is 29.3 Å². The largest absolute Gasteiger partial charge is 0.365 e. The summed E-state index contributed by atoms with van der Waals surface area (Å²) in [5.74, 6) is 0. The number of fused-ring (bicyclic) bond motifs is 2. The minimum Gasteiger partial charge on any atom is -0.365 e. The first kappa shape index (κ1) is 13.0. The molecule has 0 saturated carbocycles. The third-order valence-electron chi connectivity index (χ3n) is 5.17. The Morgan fingerprint density at radius 3 is 2.32 bits per heavy atom. The molecule has 2 bridgehead atoms. The van der Waals surface area contributed by atoms with Crippen LogP contribution in [0.1, 0.15) is 43.2 Å². The molecule has 2 unspecified atom stereocenters. The summed E-state index contributed by atoms with van der Waals surface area (Å²) in [7, 11) is 2.12. The van der Waals surface area contributed by atoms with Gasteiger partial charge >= 0.3 is 0 Å². The smallest absolute Gasteiger partial charge is 0.0374 e. The second kappa shape index (κ2) is 5.16. The lowest BCUT2D eigenvalue weighted by Crippen LogP contribution is -2.56. The Hall–Kier alpha value is -1.02. The van der Waals surface area contributed by atoms with Crippen LogP contribution in [0.15, 0.2) is 18.2 Å². The maximum Gasteiger partial charge on any atom is 0.0374 e. The van der Waals surface area contributed by atoms with Gasteiger partial charge in [0.15, 0.2) is 0 Å². The van der Waals surface area contributed by atoms with Gasteiger partial charge in [-0.25, -0.2) is 0 Å². The lowest BCUT2D eigenvalue weighted by molar-refractivity contribution is 0.252. The van der Waals surface area contributed by atoms with E-state index in [0.29, 0.717) is 0 Å². The van der Waals surface area contributed by atoms with E-state index in [9.17, 15) is 0 Å². The maximum atomic E-state index is 3.50. The summed E-state index contributed by atoms with van der Waals surface area (Å²) < 4.78 is 0. The van der Waals surface area contributed by atoms with Gasteiger partial charge in [0.2, 0.25) is 0 Å². The molecule has 2 fully saturated rings. The Morgan fingerprint density at radius 1 is 1.05 bits per heavy atom. The highest BCUT2D eigenvalue weighted by Crippen LogP contribution is 2.38. The van der Waals surface area contributed by atoms with E-state index in [1.807, 2.05) is 0 Å². The van der Waals surface area contributed by atoms with Crippen molar-refractivity contribution in [3.63, 3.8) is 0 Å². The van der Waals surface area contributed by atoms with Crippen molar-refractivity contribution >= 4 is 5.69 Å². The van der Waals surface area contributed by atoms with Gasteiger partial charge in [0.1, 0.15) is 0 Å². The molecule has 0 aromatic heterocycles. The highest BCUT2D eigenvalue weighted by atomic mass is 15.2. The molecule has 1 aromatic rings. The molecule has 0 aliphatic carbocycles. The number of aryl methyl sites for hydroxylation is 2. The van der Waals surface area contributed by atoms with E-state index in [2.05, 4.69) is 49.3 Å². The van der Waals surface area contributed by atoms with E-state index >= 15 is 0 Å². The van der Waals surface area contributed by atoms with E-state index in [-0.39, 0.29) is 0 Å². The zero-order valence-corrected chi connectivity index (χ0v) is 12.4. The van der Waals surface area contributed by atoms with Gasteiger partial charge in [-0.15, -0.1) is 0 Å². The summed E-state index contributed by atoms with van der Waals surface area (Å²) in [6.07, 6.45) is 6.75. The van der Waals surface area contributed by atoms with Crippen molar-refractivity contribution in [2.45, 2.75) is 64.1 Å². The van der Waals surface area contributed by atoms with Crippen molar-refractivity contribution in [1.82, 2.24) is 5.32 Å². The van der Waals surface area contributed by atoms with Crippen LogP contribution in [-0.2, 0) is 0 Å². The average molecular weight is 258 g/mol. The van der Waals surface area contributed by atoms with Gasteiger partial charge in [0.05, 0.1) is 0 Å². The SMILES string of the molecule is CNC1CC2CCCC(C1)N2c1ccc(C)c(C)c1. The normalized spacial score (nSPS) is 30.5. The van der Waals surface area contributed by atoms with Crippen LogP contribution in [0.25, 0.3) is 0 Å². The van der Waals surface area contributed by atoms with Gasteiger partial charge in [-0.1, -0.05) is 6.07 Å². The van der Waals surface area contributed by atoms with Crippen LogP contribution in [0, 0.1) is 13.8 Å². The summed E-state index contributed by atoms with van der Waals surface area (Å²) in [5.41, 5.74) is 4.28. The summed E-state index contributed by atoms with van der Waals surface area (Å²) in [6, 6.07) is 9.20. The van der Waals surface area contributed by atoms with Gasteiger partial charge in [0, 0.05) is 23.8 Å². The van der Waals surface area contributed by atoms with Crippen LogP contribution in [0.5, 0.6) is 0 Å². The minimum atomic E-state index is 0.720. The predicted octanol–water partition coefficient (Wildman–Crippen LogP) is 3.41. The number of hydrogen-bond acceptors (Lipinski definition) is 2. The van der Waals surface area contributed by atoms with Gasteiger partial charge in [-0.05, 0) is 76.3 Å². The maximum absolute atomic E-state index is 3.50. The van der Waals surface area contributed by atoms with Crippen LogP contribution in [0.3, 0.4) is 0 Å². The Kier molecular flexibility index (Phi) is 3.53. The summed E-state index contributed by atoms with van der Waals surface area (Å²) in [6.45, 7) is 4.43. The van der Waals surface area contributed by atoms with Crippen LogP contribution in [0.4, 0.5) is 5.69 Å². The molecule has 2 heteroatoms. The Labute approximate surface area is 117 Å². The summed E-state index contributed by atoms with van der Waals surface area (Å²) >= 11 is 0. The van der Waals surface area contributed by atoms with Gasteiger partial charge < -0.3 is 10.2 Å². The molecule has 2 atom stereocenters. The third-order valence-corrected chi connectivity index (χ3v) is 5.17. The fraction of sp³-hybridized carbons (Fsp3) is 0.647. The average Bonchev–Trinajstić information content (AvgIpc) is 2.40. The Bertz CT molecular complexity index is 441. The number of benzene rings is 1. The number of hydrogen-bond donors (Lipinski definition) is 1. The van der Waals surface area contributed by atoms with E-state index in [4.69, 9.17) is 0 Å². The number of piperidine rings is 2. The van der Waals surface area contributed by atoms with Crippen LogP contribution in [0.2, 0.25) is 0 Å². The molecule has 2 heterocycles. The molecule has 2 saturated heterocycles. The third kappa shape index (κ3) is 2.38. The van der Waals surface area contributed by atoms with E-state index in [0.717, 1.165) is 18.1 Å². The van der Waals surface area contributed by atoms with Crippen LogP contribution < -0.4 is 10.2 Å². The molecule has 2 nitrogen and oxygen atoms in total. The Morgan fingerprint density at radius 2 is 1.74 bits per heavy atom. The first-order valence-electron chi connectivity index (χ1n) is 7.72. The second-order valence-electron chi connectivity index (χ2n) is 6.37. The molecule has 0 radical (unpaired) electrons. The highest BCUT2D eigenvalue weighted by Gasteiger charge is 2.37. The Balaban J connectivity index is 1.89. The summed E-state index contributed by atoms with van der Waals surface area (Å²) in [5, 5.41) is 3.50. The standard InChI is InChI=1S/C17H26N2/c1-12-7-8-17(9-13(12)2)19-15-5-4-6-16(19)11-14(10-15)18-3/h7-9,14-16,18H,4-6,10-11H2,1-3H3. The molecule has 1 N–H and O–H groups in total. The molecule has 0 spiro atoms. The predicted molar refractivity (Wildman–Crippen MR) is 81.9 cm³/mol. The zero-order valence-electron chi connectivity index (χ0n) is 12.4. The molecular formula is C17H26N2. The topological polar surface area (TPSA) is 15.3 Å². The monoisotopic (exact) mass is 258 g/mol. The fourth-order valence-corrected chi connectivity index (χ4v) is 3.92. The quantitative estimate of drug-likeness (QED) is 0.874. The molecule has 3 rings (SSSR count). The number of anilines is 1. The molecule has 2 aliphatic heterocycles. The molecule has 1 aromatic carbocycles. The van der Waals surface area contributed by atoms with E-state index in [1.165, 1.54) is 48.9 Å². The molecule has 0 amide bonds.